The Balaban J connectivity index is 3.94. The van der Waals surface area contributed by atoms with Gasteiger partial charge in [0.25, 0.3) is 0 Å². The van der Waals surface area contributed by atoms with E-state index in [0.717, 1.165) is 109 Å². The van der Waals surface area contributed by atoms with Gasteiger partial charge in [0.05, 0.1) is 39.9 Å². The van der Waals surface area contributed by atoms with Gasteiger partial charge >= 0.3 is 7.82 Å². The lowest BCUT2D eigenvalue weighted by molar-refractivity contribution is -0.870. The Labute approximate surface area is 368 Å². The quantitative estimate of drug-likeness (QED) is 0.0245. The number of carbonyl (C=O) groups excluding carboxylic acids is 1. The molecule has 0 spiro atoms. The fourth-order valence-electron chi connectivity index (χ4n) is 5.86. The summed E-state index contributed by atoms with van der Waals surface area (Å²) in [6.07, 6.45) is 60.7. The van der Waals surface area contributed by atoms with Crippen molar-refractivity contribution < 1.29 is 32.9 Å². The molecule has 0 saturated carbocycles. The predicted octanol–water partition coefficient (Wildman–Crippen LogP) is 13.3. The Morgan fingerprint density at radius 1 is 0.583 bits per heavy atom. The first kappa shape index (κ1) is 57.2. The third kappa shape index (κ3) is 43.3. The number of phosphoric ester groups is 1. The van der Waals surface area contributed by atoms with E-state index in [-0.39, 0.29) is 19.1 Å². The van der Waals surface area contributed by atoms with Crippen molar-refractivity contribution in [2.45, 2.75) is 167 Å². The lowest BCUT2D eigenvalue weighted by Crippen LogP contribution is -2.46. The number of phosphoric acid groups is 1. The fraction of sp³-hybridized carbons (Fsp3) is 0.627. The number of likely N-dealkylation sites (N-methyl/N-ethyl adjacent to an activating group) is 1. The molecular formula is C51H88N2O6P+. The van der Waals surface area contributed by atoms with Gasteiger partial charge in [-0.25, -0.2) is 4.57 Å². The summed E-state index contributed by atoms with van der Waals surface area (Å²) >= 11 is 0. The van der Waals surface area contributed by atoms with Crippen LogP contribution in [0.2, 0.25) is 0 Å². The van der Waals surface area contributed by atoms with Crippen LogP contribution < -0.4 is 5.32 Å². The predicted molar refractivity (Wildman–Crippen MR) is 258 cm³/mol. The fourth-order valence-corrected chi connectivity index (χ4v) is 6.59. The molecule has 8 nitrogen and oxygen atoms in total. The number of carbonyl (C=O) groups is 1. The van der Waals surface area contributed by atoms with Crippen LogP contribution in [-0.2, 0) is 18.4 Å². The molecule has 9 heteroatoms. The summed E-state index contributed by atoms with van der Waals surface area (Å²) in [6, 6.07) is -0.769. The van der Waals surface area contributed by atoms with Crippen LogP contribution in [0, 0.1) is 0 Å². The zero-order valence-electron chi connectivity index (χ0n) is 38.6. The van der Waals surface area contributed by atoms with Crippen LogP contribution in [0.4, 0.5) is 0 Å². The summed E-state index contributed by atoms with van der Waals surface area (Å²) < 4.78 is 23.3. The van der Waals surface area contributed by atoms with Crippen molar-refractivity contribution in [3.05, 3.63) is 109 Å². The van der Waals surface area contributed by atoms with E-state index in [4.69, 9.17) is 9.05 Å². The molecule has 0 aliphatic carbocycles. The van der Waals surface area contributed by atoms with Gasteiger partial charge in [0, 0.05) is 6.42 Å². The first-order chi connectivity index (χ1) is 29.0. The smallest absolute Gasteiger partial charge is 0.391 e. The molecule has 0 aromatic rings. The van der Waals surface area contributed by atoms with Crippen molar-refractivity contribution in [2.75, 3.05) is 40.9 Å². The van der Waals surface area contributed by atoms with E-state index in [0.29, 0.717) is 23.9 Å². The van der Waals surface area contributed by atoms with E-state index in [2.05, 4.69) is 129 Å². The van der Waals surface area contributed by atoms with Gasteiger partial charge in [-0.15, -0.1) is 0 Å². The second-order valence-corrected chi connectivity index (χ2v) is 17.9. The number of nitrogens with one attached hydrogen (secondary N) is 1. The highest BCUT2D eigenvalue weighted by atomic mass is 31.2. The Hall–Kier alpha value is -2.84. The van der Waals surface area contributed by atoms with E-state index in [1.807, 2.05) is 21.1 Å². The maximum atomic E-state index is 12.7. The van der Waals surface area contributed by atoms with Crippen molar-refractivity contribution in [3.63, 3.8) is 0 Å². The minimum absolute atomic E-state index is 0.0645. The van der Waals surface area contributed by atoms with Crippen molar-refractivity contribution >= 4 is 13.7 Å². The van der Waals surface area contributed by atoms with Crippen LogP contribution in [0.3, 0.4) is 0 Å². The lowest BCUT2D eigenvalue weighted by Gasteiger charge is -2.26. The summed E-state index contributed by atoms with van der Waals surface area (Å²) in [7, 11) is 1.58. The van der Waals surface area contributed by atoms with E-state index in [9.17, 15) is 19.4 Å². The molecule has 0 aromatic heterocycles. The third-order valence-corrected chi connectivity index (χ3v) is 10.5. The average Bonchev–Trinajstić information content (AvgIpc) is 3.20. The van der Waals surface area contributed by atoms with Crippen LogP contribution in [0.1, 0.15) is 155 Å². The molecule has 0 aromatic carbocycles. The second kappa shape index (κ2) is 41.5. The number of rotatable bonds is 40. The highest BCUT2D eigenvalue weighted by molar-refractivity contribution is 7.47. The molecule has 342 valence electrons. The molecule has 0 aliphatic rings. The van der Waals surface area contributed by atoms with Gasteiger partial charge in [0.2, 0.25) is 5.91 Å². The Morgan fingerprint density at radius 3 is 1.43 bits per heavy atom. The maximum Gasteiger partial charge on any atom is 0.472 e. The molecule has 0 rings (SSSR count). The SMILES string of the molecule is CC/C=C\C/C=C\C/C=C\C/C=C\C/C=C\C/C=C\C/C=C\C/C=C\C/C=C\CCCCCCCCCC(=O)NC(COP(=O)(O)OCC[N+](C)(C)C)C(O)CCCCC. The highest BCUT2D eigenvalue weighted by Crippen LogP contribution is 2.43. The normalized spacial score (nSPS) is 15.2. The molecule has 0 fully saturated rings. The van der Waals surface area contributed by atoms with Gasteiger partial charge in [0.15, 0.2) is 0 Å². The second-order valence-electron chi connectivity index (χ2n) is 16.4. The molecule has 3 unspecified atom stereocenters. The van der Waals surface area contributed by atoms with Gasteiger partial charge < -0.3 is 19.8 Å². The maximum absolute atomic E-state index is 12.7. The standard InChI is InChI=1S/C51H87N2O6P/c1-6-8-10-11-12-13-14-15-16-17-18-19-20-21-22-23-24-25-26-27-28-29-30-31-32-33-34-35-36-37-38-39-40-41-43-45-51(55)52-49(50(54)44-42-9-7-2)48-59-60(56,57)58-47-46-53(3,4)5/h8,10,12-13,15-16,18-19,21-22,24-25,27-28,30-31,33-34,49-50,54H,6-7,9,11,14,17,20,23,26,29,32,35-48H2,1-5H3,(H-,52,55,56,57)/p+1/b10-8-,13-12-,16-15-,19-18-,22-21-,25-24-,28-27-,31-30-,34-33-. The Bertz CT molecular complexity index is 1340. The summed E-state index contributed by atoms with van der Waals surface area (Å²) in [5.41, 5.74) is 0. The van der Waals surface area contributed by atoms with Crippen molar-refractivity contribution in [1.29, 1.82) is 0 Å². The van der Waals surface area contributed by atoms with E-state index in [1.165, 1.54) is 19.3 Å². The van der Waals surface area contributed by atoms with Crippen LogP contribution in [0.5, 0.6) is 0 Å². The monoisotopic (exact) mass is 856 g/mol. The molecule has 0 bridgehead atoms. The summed E-state index contributed by atoms with van der Waals surface area (Å²) in [4.78, 5) is 22.8. The number of nitrogens with zero attached hydrogens (tertiary/aromatic N) is 1. The van der Waals surface area contributed by atoms with E-state index < -0.39 is 20.0 Å². The summed E-state index contributed by atoms with van der Waals surface area (Å²) in [6.45, 7) is 4.56. The van der Waals surface area contributed by atoms with Gasteiger partial charge in [-0.05, 0) is 83.5 Å². The van der Waals surface area contributed by atoms with Crippen molar-refractivity contribution in [2.24, 2.45) is 0 Å². The number of aliphatic hydroxyl groups excluding tert-OH is 1. The number of allylic oxidation sites excluding steroid dienone is 18. The van der Waals surface area contributed by atoms with Gasteiger partial charge in [-0.1, -0.05) is 175 Å². The summed E-state index contributed by atoms with van der Waals surface area (Å²) in [5, 5.41) is 13.6. The topological polar surface area (TPSA) is 105 Å². The highest BCUT2D eigenvalue weighted by Gasteiger charge is 2.28. The molecule has 1 amide bonds. The Morgan fingerprint density at radius 2 is 1.00 bits per heavy atom. The van der Waals surface area contributed by atoms with Gasteiger partial charge in [-0.2, -0.15) is 0 Å². The van der Waals surface area contributed by atoms with E-state index in [1.54, 1.807) is 0 Å². The number of hydrogen-bond donors (Lipinski definition) is 3. The Kier molecular flexibility index (Phi) is 39.5. The average molecular weight is 856 g/mol. The molecule has 0 radical (unpaired) electrons. The molecule has 3 N–H and O–H groups in total. The van der Waals surface area contributed by atoms with Crippen LogP contribution in [0.15, 0.2) is 109 Å². The molecular weight excluding hydrogens is 768 g/mol. The van der Waals surface area contributed by atoms with Crippen molar-refractivity contribution in [3.8, 4) is 0 Å². The van der Waals surface area contributed by atoms with Crippen molar-refractivity contribution in [1.82, 2.24) is 5.32 Å². The molecule has 0 saturated heterocycles. The number of aliphatic hydroxyl groups is 1. The number of unbranched alkanes of at least 4 members (excludes halogenated alkanes) is 9. The van der Waals surface area contributed by atoms with Gasteiger partial charge in [-0.3, -0.25) is 13.8 Å². The molecule has 0 aliphatic heterocycles. The van der Waals surface area contributed by atoms with Crippen LogP contribution >= 0.6 is 7.82 Å². The molecule has 0 heterocycles. The van der Waals surface area contributed by atoms with E-state index >= 15 is 0 Å². The summed E-state index contributed by atoms with van der Waals surface area (Å²) in [5.74, 6) is -0.174. The van der Waals surface area contributed by atoms with Gasteiger partial charge in [0.1, 0.15) is 13.2 Å². The molecule has 3 atom stereocenters. The first-order valence-corrected chi connectivity index (χ1v) is 24.7. The molecule has 60 heavy (non-hydrogen) atoms. The first-order valence-electron chi connectivity index (χ1n) is 23.3. The number of hydrogen-bond acceptors (Lipinski definition) is 5. The van der Waals surface area contributed by atoms with Crippen LogP contribution in [0.25, 0.3) is 0 Å². The zero-order chi connectivity index (χ0) is 44.3. The van der Waals surface area contributed by atoms with Crippen LogP contribution in [-0.4, -0.2) is 73.4 Å². The zero-order valence-corrected chi connectivity index (χ0v) is 39.5. The lowest BCUT2D eigenvalue weighted by atomic mass is 10.0. The number of amides is 1. The third-order valence-electron chi connectivity index (χ3n) is 9.54. The minimum atomic E-state index is -4.30. The number of quaternary nitrogens is 1. The largest absolute Gasteiger partial charge is 0.472 e. The minimum Gasteiger partial charge on any atom is -0.391 e.